The smallest absolute Gasteiger partial charge is 0.357 e. The largest absolute Gasteiger partial charge is 0.488 e. The predicted octanol–water partition coefficient (Wildman–Crippen LogP) is 3.03. The first-order chi connectivity index (χ1) is 12.2. The molecule has 0 aliphatic carbocycles. The first-order valence-electron chi connectivity index (χ1n) is 7.64. The molecule has 7 nitrogen and oxygen atoms in total. The maximum Gasteiger partial charge on any atom is 0.357 e. The number of carboxylic acids is 1. The zero-order chi connectivity index (χ0) is 17.2. The van der Waals surface area contributed by atoms with Crippen LogP contribution in [0.15, 0.2) is 60.9 Å². The van der Waals surface area contributed by atoms with Gasteiger partial charge in [-0.15, -0.1) is 0 Å². The van der Waals surface area contributed by atoms with Crippen molar-refractivity contribution in [1.82, 2.24) is 20.0 Å². The van der Waals surface area contributed by atoms with Crippen molar-refractivity contribution in [3.63, 3.8) is 0 Å². The van der Waals surface area contributed by atoms with Crippen LogP contribution in [0.1, 0.15) is 16.1 Å². The average Bonchev–Trinajstić information content (AvgIpc) is 3.30. The molecule has 0 saturated carbocycles. The summed E-state index contributed by atoms with van der Waals surface area (Å²) in [5.41, 5.74) is 2.46. The van der Waals surface area contributed by atoms with Crippen molar-refractivity contribution in [1.29, 1.82) is 0 Å². The van der Waals surface area contributed by atoms with Crippen molar-refractivity contribution >= 4 is 16.9 Å². The number of nitrogens with zero attached hydrogens (tertiary/aromatic N) is 3. The van der Waals surface area contributed by atoms with Crippen LogP contribution in [0, 0.1) is 0 Å². The fraction of sp³-hybridized carbons (Fsp3) is 0.0556. The summed E-state index contributed by atoms with van der Waals surface area (Å²) < 4.78 is 7.64. The fourth-order valence-electron chi connectivity index (χ4n) is 2.69. The maximum atomic E-state index is 11.3. The highest BCUT2D eigenvalue weighted by atomic mass is 16.5. The number of nitrogens with one attached hydrogen (secondary N) is 1. The van der Waals surface area contributed by atoms with Crippen LogP contribution in [0.5, 0.6) is 5.75 Å². The molecule has 0 spiro atoms. The second kappa shape index (κ2) is 6.12. The number of benzene rings is 2. The van der Waals surface area contributed by atoms with Crippen LogP contribution in [-0.2, 0) is 6.61 Å². The van der Waals surface area contributed by atoms with E-state index in [0.29, 0.717) is 23.3 Å². The second-order valence-electron chi connectivity index (χ2n) is 5.47. The van der Waals surface area contributed by atoms with Gasteiger partial charge in [-0.2, -0.15) is 10.2 Å². The van der Waals surface area contributed by atoms with Gasteiger partial charge in [0.05, 0.1) is 16.6 Å². The molecule has 0 saturated heterocycles. The SMILES string of the molecule is O=C(O)c1n[nH]c2cccc(OCc3cccc(-n4cccn4)c3)c12. The van der Waals surface area contributed by atoms with Gasteiger partial charge in [-0.1, -0.05) is 18.2 Å². The molecular formula is C18H14N4O3. The third kappa shape index (κ3) is 2.83. The number of aromatic carboxylic acids is 1. The number of rotatable bonds is 5. The van der Waals surface area contributed by atoms with E-state index in [-0.39, 0.29) is 5.69 Å². The van der Waals surface area contributed by atoms with Gasteiger partial charge in [0.15, 0.2) is 5.69 Å². The number of hydrogen-bond donors (Lipinski definition) is 2. The minimum Gasteiger partial charge on any atom is -0.488 e. The van der Waals surface area contributed by atoms with Crippen LogP contribution < -0.4 is 4.74 Å². The van der Waals surface area contributed by atoms with Crippen LogP contribution in [0.4, 0.5) is 0 Å². The van der Waals surface area contributed by atoms with Gasteiger partial charge < -0.3 is 9.84 Å². The highest BCUT2D eigenvalue weighted by molar-refractivity contribution is 6.03. The monoisotopic (exact) mass is 334 g/mol. The zero-order valence-electron chi connectivity index (χ0n) is 13.1. The van der Waals surface area contributed by atoms with Gasteiger partial charge in [0.25, 0.3) is 0 Å². The highest BCUT2D eigenvalue weighted by Crippen LogP contribution is 2.28. The molecule has 0 aliphatic heterocycles. The van der Waals surface area contributed by atoms with Crippen LogP contribution in [0.25, 0.3) is 16.6 Å². The Bertz CT molecular complexity index is 1040. The second-order valence-corrected chi connectivity index (χ2v) is 5.47. The first kappa shape index (κ1) is 14.9. The topological polar surface area (TPSA) is 93.0 Å². The Morgan fingerprint density at radius 1 is 1.20 bits per heavy atom. The standard InChI is InChI=1S/C18H14N4O3/c23-18(24)17-16-14(20-21-17)6-2-7-15(16)25-11-12-4-1-5-13(10-12)22-9-3-8-19-22/h1-10H,11H2,(H,20,21)(H,23,24). The van der Waals surface area contributed by atoms with E-state index >= 15 is 0 Å². The molecule has 25 heavy (non-hydrogen) atoms. The lowest BCUT2D eigenvalue weighted by Gasteiger charge is -2.09. The molecule has 0 bridgehead atoms. The maximum absolute atomic E-state index is 11.3. The van der Waals surface area contributed by atoms with Gasteiger partial charge in [0.1, 0.15) is 12.4 Å². The molecule has 0 fully saturated rings. The summed E-state index contributed by atoms with van der Waals surface area (Å²) in [4.78, 5) is 11.3. The van der Waals surface area contributed by atoms with E-state index < -0.39 is 5.97 Å². The number of fused-ring (bicyclic) bond motifs is 1. The molecule has 0 amide bonds. The van der Waals surface area contributed by atoms with Crippen molar-refractivity contribution in [2.45, 2.75) is 6.61 Å². The molecule has 2 aromatic heterocycles. The Morgan fingerprint density at radius 2 is 2.08 bits per heavy atom. The Balaban J connectivity index is 1.62. The number of aromatic amines is 1. The van der Waals surface area contributed by atoms with Crippen molar-refractivity contribution in [2.24, 2.45) is 0 Å². The van der Waals surface area contributed by atoms with E-state index in [2.05, 4.69) is 15.3 Å². The van der Waals surface area contributed by atoms with Gasteiger partial charge in [-0.05, 0) is 35.9 Å². The molecule has 2 N–H and O–H groups in total. The number of aromatic nitrogens is 4. The molecule has 2 heterocycles. The van der Waals surface area contributed by atoms with E-state index in [1.165, 1.54) is 0 Å². The summed E-state index contributed by atoms with van der Waals surface area (Å²) in [5, 5.41) is 20.5. The molecule has 0 aliphatic rings. The summed E-state index contributed by atoms with van der Waals surface area (Å²) in [6.07, 6.45) is 3.58. The number of carboxylic acid groups (broad SMARTS) is 1. The number of H-pyrrole nitrogens is 1. The summed E-state index contributed by atoms with van der Waals surface area (Å²) >= 11 is 0. The van der Waals surface area contributed by atoms with Crippen LogP contribution in [-0.4, -0.2) is 31.1 Å². The van der Waals surface area contributed by atoms with E-state index in [0.717, 1.165) is 11.3 Å². The minimum absolute atomic E-state index is 0.0455. The Labute approximate surface area is 142 Å². The quantitative estimate of drug-likeness (QED) is 0.585. The Morgan fingerprint density at radius 3 is 2.88 bits per heavy atom. The molecule has 4 rings (SSSR count). The van der Waals surface area contributed by atoms with Crippen LogP contribution in [0.2, 0.25) is 0 Å². The van der Waals surface area contributed by atoms with Crippen molar-refractivity contribution in [3.05, 3.63) is 72.2 Å². The lowest BCUT2D eigenvalue weighted by molar-refractivity contribution is 0.0692. The molecule has 2 aromatic carbocycles. The van der Waals surface area contributed by atoms with Crippen molar-refractivity contribution in [2.75, 3.05) is 0 Å². The minimum atomic E-state index is -1.09. The van der Waals surface area contributed by atoms with Crippen LogP contribution >= 0.6 is 0 Å². The lowest BCUT2D eigenvalue weighted by atomic mass is 10.2. The zero-order valence-corrected chi connectivity index (χ0v) is 13.1. The Kier molecular flexibility index (Phi) is 3.66. The predicted molar refractivity (Wildman–Crippen MR) is 90.9 cm³/mol. The molecule has 124 valence electrons. The summed E-state index contributed by atoms with van der Waals surface area (Å²) in [7, 11) is 0. The first-order valence-corrected chi connectivity index (χ1v) is 7.64. The molecule has 4 aromatic rings. The Hall–Kier alpha value is -3.61. The third-order valence-corrected chi connectivity index (χ3v) is 3.83. The van der Waals surface area contributed by atoms with Gasteiger partial charge in [-0.3, -0.25) is 5.10 Å². The van der Waals surface area contributed by atoms with E-state index in [4.69, 9.17) is 4.74 Å². The van der Waals surface area contributed by atoms with Crippen molar-refractivity contribution < 1.29 is 14.6 Å². The summed E-state index contributed by atoms with van der Waals surface area (Å²) in [6, 6.07) is 15.0. The van der Waals surface area contributed by atoms with Gasteiger partial charge in [0, 0.05) is 12.4 Å². The molecular weight excluding hydrogens is 320 g/mol. The summed E-state index contributed by atoms with van der Waals surface area (Å²) in [6.45, 7) is 0.304. The number of hydrogen-bond acceptors (Lipinski definition) is 4. The van der Waals surface area contributed by atoms with E-state index in [1.807, 2.05) is 36.5 Å². The lowest BCUT2D eigenvalue weighted by Crippen LogP contribution is -2.01. The van der Waals surface area contributed by atoms with E-state index in [1.54, 1.807) is 29.1 Å². The molecule has 0 unspecified atom stereocenters. The molecule has 0 atom stereocenters. The number of ether oxygens (including phenoxy) is 1. The highest BCUT2D eigenvalue weighted by Gasteiger charge is 2.17. The molecule has 0 radical (unpaired) electrons. The normalized spacial score (nSPS) is 10.9. The number of carbonyl (C=O) groups is 1. The van der Waals surface area contributed by atoms with Gasteiger partial charge in [0.2, 0.25) is 0 Å². The van der Waals surface area contributed by atoms with Crippen LogP contribution in [0.3, 0.4) is 0 Å². The molecule has 7 heteroatoms. The van der Waals surface area contributed by atoms with Gasteiger partial charge >= 0.3 is 5.97 Å². The summed E-state index contributed by atoms with van der Waals surface area (Å²) in [5.74, 6) is -0.615. The van der Waals surface area contributed by atoms with Gasteiger partial charge in [-0.25, -0.2) is 9.48 Å². The van der Waals surface area contributed by atoms with Crippen molar-refractivity contribution in [3.8, 4) is 11.4 Å². The fourth-order valence-corrected chi connectivity index (χ4v) is 2.69. The third-order valence-electron chi connectivity index (χ3n) is 3.83. The van der Waals surface area contributed by atoms with E-state index in [9.17, 15) is 9.90 Å². The average molecular weight is 334 g/mol.